The summed E-state index contributed by atoms with van der Waals surface area (Å²) >= 11 is 0. The first-order valence-corrected chi connectivity index (χ1v) is 7.71. The molecule has 0 fully saturated rings. The van der Waals surface area contributed by atoms with Crippen LogP contribution in [0.4, 0.5) is 0 Å². The zero-order chi connectivity index (χ0) is 15.4. The summed E-state index contributed by atoms with van der Waals surface area (Å²) in [5, 5.41) is 3.04. The molecule has 0 radical (unpaired) electrons. The highest BCUT2D eigenvalue weighted by Gasteiger charge is 2.21. The van der Waals surface area contributed by atoms with Gasteiger partial charge in [0, 0.05) is 26.2 Å². The second-order valence-corrected chi connectivity index (χ2v) is 4.88. The molecule has 1 atom stereocenters. The topological polar surface area (TPSA) is 50.8 Å². The number of methoxy groups -OCH3 is 1. The number of carbonyl (C=O) groups is 1. The summed E-state index contributed by atoms with van der Waals surface area (Å²) in [6, 6.07) is 0.319. The number of hydrogen-bond acceptors (Lipinski definition) is 5. The Bertz CT molecular complexity index is 245. The number of nitrogens with one attached hydrogen (secondary N) is 1. The van der Waals surface area contributed by atoms with E-state index in [0.29, 0.717) is 12.6 Å². The zero-order valence-electron chi connectivity index (χ0n) is 13.8. The van der Waals surface area contributed by atoms with Crippen molar-refractivity contribution >= 4 is 5.97 Å². The van der Waals surface area contributed by atoms with E-state index < -0.39 is 0 Å². The van der Waals surface area contributed by atoms with E-state index >= 15 is 0 Å². The number of likely N-dealkylation sites (N-methyl/N-ethyl adjacent to an activating group) is 1. The molecule has 0 heterocycles. The van der Waals surface area contributed by atoms with Crippen LogP contribution in [0, 0.1) is 0 Å². The molecule has 0 rings (SSSR count). The van der Waals surface area contributed by atoms with Crippen molar-refractivity contribution in [3.05, 3.63) is 0 Å². The average molecular weight is 288 g/mol. The van der Waals surface area contributed by atoms with E-state index in [2.05, 4.69) is 24.1 Å². The molecule has 0 bridgehead atoms. The zero-order valence-corrected chi connectivity index (χ0v) is 13.8. The molecule has 20 heavy (non-hydrogen) atoms. The van der Waals surface area contributed by atoms with Gasteiger partial charge in [0.15, 0.2) is 0 Å². The third kappa shape index (κ3) is 7.22. The van der Waals surface area contributed by atoms with Crippen LogP contribution in [0.15, 0.2) is 0 Å². The maximum atomic E-state index is 11.8. The van der Waals surface area contributed by atoms with Gasteiger partial charge in [0.1, 0.15) is 6.04 Å². The Morgan fingerprint density at radius 1 is 1.20 bits per heavy atom. The largest absolute Gasteiger partial charge is 0.465 e. The molecule has 0 saturated heterocycles. The molecule has 0 aromatic heterocycles. The summed E-state index contributed by atoms with van der Waals surface area (Å²) in [6.45, 7) is 9.17. The van der Waals surface area contributed by atoms with Gasteiger partial charge >= 0.3 is 5.97 Å². The molecular formula is C15H32N2O3. The maximum Gasteiger partial charge on any atom is 0.323 e. The predicted molar refractivity (Wildman–Crippen MR) is 81.9 cm³/mol. The number of ether oxygens (including phenoxy) is 2. The maximum absolute atomic E-state index is 11.8. The van der Waals surface area contributed by atoms with E-state index in [1.165, 1.54) is 0 Å². The molecule has 0 aromatic rings. The van der Waals surface area contributed by atoms with Crippen LogP contribution in [0.1, 0.15) is 40.0 Å². The van der Waals surface area contributed by atoms with Crippen LogP contribution in [0.3, 0.4) is 0 Å². The minimum Gasteiger partial charge on any atom is -0.465 e. The molecule has 120 valence electrons. The molecule has 5 nitrogen and oxygen atoms in total. The lowest BCUT2D eigenvalue weighted by atomic mass is 10.1. The fraction of sp³-hybridized carbons (Fsp3) is 0.933. The molecule has 0 aliphatic heterocycles. The Morgan fingerprint density at radius 2 is 1.85 bits per heavy atom. The highest BCUT2D eigenvalue weighted by atomic mass is 16.5. The number of rotatable bonds is 12. The molecule has 1 N–H and O–H groups in total. The molecule has 0 saturated carbocycles. The van der Waals surface area contributed by atoms with E-state index in [4.69, 9.17) is 9.47 Å². The molecule has 0 spiro atoms. The minimum atomic E-state index is -0.227. The third-order valence-electron chi connectivity index (χ3n) is 3.67. The fourth-order valence-corrected chi connectivity index (χ4v) is 2.41. The van der Waals surface area contributed by atoms with Crippen LogP contribution < -0.4 is 5.32 Å². The van der Waals surface area contributed by atoms with Gasteiger partial charge < -0.3 is 14.8 Å². The number of esters is 1. The summed E-state index contributed by atoms with van der Waals surface area (Å²) in [5.41, 5.74) is 0. The third-order valence-corrected chi connectivity index (χ3v) is 3.67. The molecule has 5 heteroatoms. The molecule has 0 aromatic carbocycles. The van der Waals surface area contributed by atoms with Crippen LogP contribution >= 0.6 is 0 Å². The van der Waals surface area contributed by atoms with E-state index in [1.54, 1.807) is 14.2 Å². The lowest BCUT2D eigenvalue weighted by Crippen LogP contribution is -2.43. The fourth-order valence-electron chi connectivity index (χ4n) is 2.41. The van der Waals surface area contributed by atoms with Crippen molar-refractivity contribution in [2.24, 2.45) is 0 Å². The summed E-state index contributed by atoms with van der Waals surface area (Å²) in [4.78, 5) is 14.2. The van der Waals surface area contributed by atoms with Gasteiger partial charge in [-0.1, -0.05) is 13.8 Å². The van der Waals surface area contributed by atoms with Crippen molar-refractivity contribution in [3.63, 3.8) is 0 Å². The van der Waals surface area contributed by atoms with Gasteiger partial charge in [-0.2, -0.15) is 0 Å². The Balaban J connectivity index is 4.43. The van der Waals surface area contributed by atoms with Gasteiger partial charge in [0.05, 0.1) is 13.2 Å². The first-order chi connectivity index (χ1) is 9.64. The summed E-state index contributed by atoms with van der Waals surface area (Å²) in [5.74, 6) is -0.161. The van der Waals surface area contributed by atoms with Gasteiger partial charge in [-0.15, -0.1) is 0 Å². The highest BCUT2D eigenvalue weighted by Crippen LogP contribution is 2.10. The van der Waals surface area contributed by atoms with Crippen molar-refractivity contribution in [3.8, 4) is 0 Å². The van der Waals surface area contributed by atoms with Crippen LogP contribution in [-0.4, -0.2) is 63.4 Å². The minimum absolute atomic E-state index is 0.161. The monoisotopic (exact) mass is 288 g/mol. The number of carbonyl (C=O) groups excluding carboxylic acids is 1. The Kier molecular flexibility index (Phi) is 11.7. The second kappa shape index (κ2) is 12.1. The average Bonchev–Trinajstić information content (AvgIpc) is 2.45. The van der Waals surface area contributed by atoms with Crippen molar-refractivity contribution in [2.45, 2.75) is 52.1 Å². The normalized spacial score (nSPS) is 12.9. The van der Waals surface area contributed by atoms with Gasteiger partial charge in [0.2, 0.25) is 0 Å². The van der Waals surface area contributed by atoms with Gasteiger partial charge in [-0.25, -0.2) is 0 Å². The Morgan fingerprint density at radius 3 is 2.30 bits per heavy atom. The van der Waals surface area contributed by atoms with Crippen molar-refractivity contribution in [1.82, 2.24) is 10.2 Å². The van der Waals surface area contributed by atoms with Crippen LogP contribution in [-0.2, 0) is 14.3 Å². The summed E-state index contributed by atoms with van der Waals surface area (Å²) in [6.07, 6.45) is 2.99. The standard InChI is InChI=1S/C15H32N2O3/c1-6-13(7-2)17(11-12-19-5)10-9-14(16-4)15(18)20-8-3/h13-14,16H,6-12H2,1-5H3. The van der Waals surface area contributed by atoms with Crippen molar-refractivity contribution in [1.29, 1.82) is 0 Å². The quantitative estimate of drug-likeness (QED) is 0.554. The van der Waals surface area contributed by atoms with Crippen LogP contribution in [0.25, 0.3) is 0 Å². The first-order valence-electron chi connectivity index (χ1n) is 7.71. The van der Waals surface area contributed by atoms with E-state index in [-0.39, 0.29) is 12.0 Å². The highest BCUT2D eigenvalue weighted by molar-refractivity contribution is 5.75. The summed E-state index contributed by atoms with van der Waals surface area (Å²) in [7, 11) is 3.53. The van der Waals surface area contributed by atoms with E-state index in [0.717, 1.165) is 39.0 Å². The van der Waals surface area contributed by atoms with Crippen LogP contribution in [0.2, 0.25) is 0 Å². The molecule has 0 amide bonds. The van der Waals surface area contributed by atoms with Gasteiger partial charge in [-0.3, -0.25) is 9.69 Å². The Labute approximate surface area is 124 Å². The smallest absolute Gasteiger partial charge is 0.323 e. The van der Waals surface area contributed by atoms with Gasteiger partial charge in [-0.05, 0) is 33.2 Å². The molecule has 0 aliphatic carbocycles. The predicted octanol–water partition coefficient (Wildman–Crippen LogP) is 1.66. The Hall–Kier alpha value is -0.650. The van der Waals surface area contributed by atoms with E-state index in [1.807, 2.05) is 6.92 Å². The first kappa shape index (κ1) is 19.4. The molecule has 1 unspecified atom stereocenters. The SMILES string of the molecule is CCOC(=O)C(CCN(CCOC)C(CC)CC)NC. The van der Waals surface area contributed by atoms with E-state index in [9.17, 15) is 4.79 Å². The summed E-state index contributed by atoms with van der Waals surface area (Å²) < 4.78 is 10.3. The number of nitrogens with zero attached hydrogens (tertiary/aromatic N) is 1. The number of hydrogen-bond donors (Lipinski definition) is 1. The second-order valence-electron chi connectivity index (χ2n) is 4.88. The lowest BCUT2D eigenvalue weighted by molar-refractivity contribution is -0.145. The molecule has 0 aliphatic rings. The molecular weight excluding hydrogens is 256 g/mol. The van der Waals surface area contributed by atoms with Crippen molar-refractivity contribution < 1.29 is 14.3 Å². The van der Waals surface area contributed by atoms with Crippen molar-refractivity contribution in [2.75, 3.05) is 40.5 Å². The van der Waals surface area contributed by atoms with Crippen LogP contribution in [0.5, 0.6) is 0 Å². The van der Waals surface area contributed by atoms with Gasteiger partial charge in [0.25, 0.3) is 0 Å². The lowest BCUT2D eigenvalue weighted by Gasteiger charge is -2.31.